The van der Waals surface area contributed by atoms with Crippen LogP contribution in [0.15, 0.2) is 41.6 Å². The van der Waals surface area contributed by atoms with Crippen molar-refractivity contribution < 1.29 is 23.9 Å². The van der Waals surface area contributed by atoms with Crippen molar-refractivity contribution in [2.45, 2.75) is 52.2 Å². The van der Waals surface area contributed by atoms with Gasteiger partial charge in [0.2, 0.25) is 11.8 Å². The maximum Gasteiger partial charge on any atom is 0.336 e. The molecule has 1 aromatic carbocycles. The van der Waals surface area contributed by atoms with Crippen LogP contribution in [0.2, 0.25) is 0 Å². The highest BCUT2D eigenvalue weighted by molar-refractivity contribution is 5.97. The molecule has 1 aromatic rings. The van der Waals surface area contributed by atoms with Gasteiger partial charge in [-0.3, -0.25) is 9.59 Å². The van der Waals surface area contributed by atoms with Gasteiger partial charge in [-0.2, -0.15) is 0 Å². The number of allylic oxidation sites excluding steroid dienone is 1. The molecule has 7 heteroatoms. The highest BCUT2D eigenvalue weighted by Crippen LogP contribution is 2.37. The van der Waals surface area contributed by atoms with E-state index in [9.17, 15) is 14.4 Å². The highest BCUT2D eigenvalue weighted by Gasteiger charge is 2.38. The fourth-order valence-electron chi connectivity index (χ4n) is 4.26. The van der Waals surface area contributed by atoms with E-state index in [1.54, 1.807) is 18.7 Å². The number of nitrogens with zero attached hydrogens (tertiary/aromatic N) is 2. The van der Waals surface area contributed by atoms with E-state index in [1.807, 2.05) is 44.2 Å². The predicted octanol–water partition coefficient (Wildman–Crippen LogP) is 2.48. The van der Waals surface area contributed by atoms with Gasteiger partial charge in [-0.25, -0.2) is 4.79 Å². The maximum atomic E-state index is 13.0. The number of ether oxygens (including phenoxy) is 2. The van der Waals surface area contributed by atoms with Crippen molar-refractivity contribution in [3.63, 3.8) is 0 Å². The summed E-state index contributed by atoms with van der Waals surface area (Å²) in [6, 6.07) is 9.47. The van der Waals surface area contributed by atoms with Gasteiger partial charge in [0.1, 0.15) is 6.54 Å². The van der Waals surface area contributed by atoms with Crippen LogP contribution in [0.3, 0.4) is 0 Å². The molecule has 1 fully saturated rings. The average molecular weight is 415 g/mol. The van der Waals surface area contributed by atoms with Crippen LogP contribution >= 0.6 is 0 Å². The van der Waals surface area contributed by atoms with Crippen LogP contribution < -0.4 is 0 Å². The summed E-state index contributed by atoms with van der Waals surface area (Å²) in [5.74, 6) is -1.14. The molecule has 0 bridgehead atoms. The largest absolute Gasteiger partial charge is 0.463 e. The number of hydrogen-bond donors (Lipinski definition) is 0. The molecule has 0 saturated carbocycles. The Morgan fingerprint density at radius 1 is 1.13 bits per heavy atom. The standard InChI is InChI=1S/C23H30N2O5/c1-5-29-23(28)22-17(4)25(14-21(27)24-12-15(2)30-16(3)13-24)20(26)11-19(22)18-9-7-6-8-10-18/h6-10,15-16,19H,5,11-14H2,1-4H3. The predicted molar refractivity (Wildman–Crippen MR) is 111 cm³/mol. The summed E-state index contributed by atoms with van der Waals surface area (Å²) in [7, 11) is 0. The minimum Gasteiger partial charge on any atom is -0.463 e. The number of rotatable bonds is 5. The molecule has 2 amide bonds. The molecule has 0 aromatic heterocycles. The normalized spacial score (nSPS) is 24.8. The molecule has 30 heavy (non-hydrogen) atoms. The molecule has 1 saturated heterocycles. The minimum absolute atomic E-state index is 0.0519. The van der Waals surface area contributed by atoms with E-state index >= 15 is 0 Å². The zero-order valence-electron chi connectivity index (χ0n) is 18.1. The Morgan fingerprint density at radius 3 is 2.37 bits per heavy atom. The van der Waals surface area contributed by atoms with Gasteiger partial charge in [0.15, 0.2) is 0 Å². The number of amides is 2. The zero-order chi connectivity index (χ0) is 21.8. The van der Waals surface area contributed by atoms with Gasteiger partial charge < -0.3 is 19.3 Å². The first-order chi connectivity index (χ1) is 14.3. The van der Waals surface area contributed by atoms with Gasteiger partial charge in [-0.1, -0.05) is 30.3 Å². The minimum atomic E-state index is -0.442. The molecular weight excluding hydrogens is 384 g/mol. The van der Waals surface area contributed by atoms with Crippen molar-refractivity contribution in [2.24, 2.45) is 0 Å². The number of morpholine rings is 1. The molecule has 3 atom stereocenters. The van der Waals surface area contributed by atoms with Crippen molar-refractivity contribution >= 4 is 17.8 Å². The third kappa shape index (κ3) is 4.73. The lowest BCUT2D eigenvalue weighted by molar-refractivity contribution is -0.148. The van der Waals surface area contributed by atoms with E-state index in [4.69, 9.17) is 9.47 Å². The Hall–Kier alpha value is -2.67. The molecule has 0 N–H and O–H groups in total. The summed E-state index contributed by atoms with van der Waals surface area (Å²) in [6.45, 7) is 8.46. The Kier molecular flexibility index (Phi) is 6.92. The quantitative estimate of drug-likeness (QED) is 0.692. The second kappa shape index (κ2) is 9.43. The van der Waals surface area contributed by atoms with Gasteiger partial charge >= 0.3 is 5.97 Å². The van der Waals surface area contributed by atoms with E-state index < -0.39 is 5.97 Å². The zero-order valence-corrected chi connectivity index (χ0v) is 18.1. The van der Waals surface area contributed by atoms with Crippen LogP contribution in [0.1, 0.15) is 45.6 Å². The van der Waals surface area contributed by atoms with Crippen LogP contribution in [0, 0.1) is 0 Å². The lowest BCUT2D eigenvalue weighted by atomic mass is 9.83. The van der Waals surface area contributed by atoms with E-state index in [0.29, 0.717) is 24.4 Å². The van der Waals surface area contributed by atoms with Crippen LogP contribution in [-0.2, 0) is 23.9 Å². The van der Waals surface area contributed by atoms with Crippen LogP contribution in [0.5, 0.6) is 0 Å². The lowest BCUT2D eigenvalue weighted by Gasteiger charge is -2.38. The van der Waals surface area contributed by atoms with E-state index in [-0.39, 0.29) is 49.5 Å². The molecule has 2 aliphatic heterocycles. The molecule has 0 radical (unpaired) electrons. The van der Waals surface area contributed by atoms with Crippen molar-refractivity contribution in [2.75, 3.05) is 26.2 Å². The molecule has 0 aliphatic carbocycles. The summed E-state index contributed by atoms with van der Waals surface area (Å²) in [5, 5.41) is 0. The van der Waals surface area contributed by atoms with Crippen LogP contribution in [0.25, 0.3) is 0 Å². The van der Waals surface area contributed by atoms with E-state index in [0.717, 1.165) is 5.56 Å². The maximum absolute atomic E-state index is 13.0. The van der Waals surface area contributed by atoms with E-state index in [1.165, 1.54) is 4.90 Å². The molecular formula is C23H30N2O5. The lowest BCUT2D eigenvalue weighted by Crippen LogP contribution is -2.52. The fourth-order valence-corrected chi connectivity index (χ4v) is 4.26. The van der Waals surface area contributed by atoms with Gasteiger partial charge in [-0.15, -0.1) is 0 Å². The summed E-state index contributed by atoms with van der Waals surface area (Å²) in [4.78, 5) is 41.9. The molecule has 2 heterocycles. The Labute approximate surface area is 177 Å². The van der Waals surface area contributed by atoms with Crippen molar-refractivity contribution in [1.29, 1.82) is 0 Å². The summed E-state index contributed by atoms with van der Waals surface area (Å²) >= 11 is 0. The summed E-state index contributed by atoms with van der Waals surface area (Å²) < 4.78 is 11.0. The number of carbonyl (C=O) groups excluding carboxylic acids is 3. The Bertz CT molecular complexity index is 825. The second-order valence-corrected chi connectivity index (χ2v) is 7.92. The van der Waals surface area contributed by atoms with E-state index in [2.05, 4.69) is 0 Å². The summed E-state index contributed by atoms with van der Waals surface area (Å²) in [5.41, 5.74) is 1.82. The van der Waals surface area contributed by atoms with Gasteiger partial charge in [0.25, 0.3) is 0 Å². The average Bonchev–Trinajstić information content (AvgIpc) is 2.70. The first kappa shape index (κ1) is 22.0. The van der Waals surface area contributed by atoms with Crippen molar-refractivity contribution in [3.05, 3.63) is 47.2 Å². The molecule has 3 unspecified atom stereocenters. The molecule has 3 rings (SSSR count). The van der Waals surface area contributed by atoms with Crippen molar-refractivity contribution in [1.82, 2.24) is 9.80 Å². The highest BCUT2D eigenvalue weighted by atomic mass is 16.5. The molecule has 2 aliphatic rings. The second-order valence-electron chi connectivity index (χ2n) is 7.92. The number of benzene rings is 1. The fraction of sp³-hybridized carbons (Fsp3) is 0.522. The first-order valence-electron chi connectivity index (χ1n) is 10.5. The van der Waals surface area contributed by atoms with Crippen LogP contribution in [-0.4, -0.2) is 66.0 Å². The third-order valence-electron chi connectivity index (χ3n) is 5.59. The Morgan fingerprint density at radius 2 is 1.77 bits per heavy atom. The number of hydrogen-bond acceptors (Lipinski definition) is 5. The first-order valence-corrected chi connectivity index (χ1v) is 10.5. The number of esters is 1. The van der Waals surface area contributed by atoms with Crippen molar-refractivity contribution in [3.8, 4) is 0 Å². The monoisotopic (exact) mass is 414 g/mol. The SMILES string of the molecule is CCOC(=O)C1=C(C)N(CC(=O)N2CC(C)OC(C)C2)C(=O)CC1c1ccccc1. The third-order valence-corrected chi connectivity index (χ3v) is 5.59. The molecule has 0 spiro atoms. The molecule has 7 nitrogen and oxygen atoms in total. The molecule has 162 valence electrons. The van der Waals surface area contributed by atoms with Gasteiger partial charge in [-0.05, 0) is 33.3 Å². The topological polar surface area (TPSA) is 76.2 Å². The Balaban J connectivity index is 1.89. The van der Waals surface area contributed by atoms with Gasteiger partial charge in [0, 0.05) is 31.1 Å². The summed E-state index contributed by atoms with van der Waals surface area (Å²) in [6.07, 6.45) is 0.0199. The smallest absolute Gasteiger partial charge is 0.336 e. The van der Waals surface area contributed by atoms with Gasteiger partial charge in [0.05, 0.1) is 24.4 Å². The number of carbonyl (C=O) groups is 3. The van der Waals surface area contributed by atoms with Crippen LogP contribution in [0.4, 0.5) is 0 Å².